The zero-order valence-electron chi connectivity index (χ0n) is 17.2. The van der Waals surface area contributed by atoms with Crippen LogP contribution in [0, 0.1) is 10.1 Å². The first-order valence-corrected chi connectivity index (χ1v) is 9.84. The molecule has 7 heteroatoms. The van der Waals surface area contributed by atoms with Crippen LogP contribution < -0.4 is 10.2 Å². The third-order valence-electron chi connectivity index (χ3n) is 5.20. The van der Waals surface area contributed by atoms with E-state index < -0.39 is 4.92 Å². The number of carbonyl (C=O) groups excluding carboxylic acids is 1. The van der Waals surface area contributed by atoms with E-state index in [-0.39, 0.29) is 17.0 Å². The highest BCUT2D eigenvalue weighted by atomic mass is 16.6. The fourth-order valence-electron chi connectivity index (χ4n) is 3.41. The highest BCUT2D eigenvalue weighted by Crippen LogP contribution is 2.24. The second kappa shape index (κ2) is 8.61. The van der Waals surface area contributed by atoms with Crippen molar-refractivity contribution in [2.45, 2.75) is 26.2 Å². The summed E-state index contributed by atoms with van der Waals surface area (Å²) in [5.74, 6) is -0.0164. The maximum atomic E-state index is 12.4. The van der Waals surface area contributed by atoms with Crippen LogP contribution in [0.15, 0.2) is 48.5 Å². The summed E-state index contributed by atoms with van der Waals surface area (Å²) in [7, 11) is 0. The van der Waals surface area contributed by atoms with Gasteiger partial charge in [0.2, 0.25) is 5.91 Å². The Morgan fingerprint density at radius 3 is 2.10 bits per heavy atom. The van der Waals surface area contributed by atoms with E-state index in [1.165, 1.54) is 17.7 Å². The van der Waals surface area contributed by atoms with Gasteiger partial charge in [0.25, 0.3) is 5.69 Å². The number of nitro benzene ring substituents is 1. The number of nitro groups is 1. The van der Waals surface area contributed by atoms with E-state index in [0.29, 0.717) is 6.54 Å². The summed E-state index contributed by atoms with van der Waals surface area (Å²) in [4.78, 5) is 27.1. The summed E-state index contributed by atoms with van der Waals surface area (Å²) >= 11 is 0. The standard InChI is InChI=1S/C22H28N4O3/c1-22(2,3)17-4-6-18(7-5-17)23-21(27)16-24-12-14-25(15-13-24)19-8-10-20(11-9-19)26(28)29/h4-11H,12-16H2,1-3H3,(H,23,27). The van der Waals surface area contributed by atoms with Crippen molar-refractivity contribution in [3.8, 4) is 0 Å². The SMILES string of the molecule is CC(C)(C)c1ccc(NC(=O)CN2CCN(c3ccc([N+](=O)[O-])cc3)CC2)cc1. The summed E-state index contributed by atoms with van der Waals surface area (Å²) in [6, 6.07) is 14.6. The van der Waals surface area contributed by atoms with Gasteiger partial charge in [-0.05, 0) is 35.2 Å². The zero-order valence-corrected chi connectivity index (χ0v) is 17.2. The minimum absolute atomic E-state index is 0.0164. The van der Waals surface area contributed by atoms with Gasteiger partial charge < -0.3 is 10.2 Å². The predicted molar refractivity (Wildman–Crippen MR) is 116 cm³/mol. The van der Waals surface area contributed by atoms with E-state index >= 15 is 0 Å². The molecule has 29 heavy (non-hydrogen) atoms. The van der Waals surface area contributed by atoms with Gasteiger partial charge in [-0.3, -0.25) is 19.8 Å². The molecule has 1 saturated heterocycles. The fraction of sp³-hybridized carbons (Fsp3) is 0.409. The Labute approximate surface area is 171 Å². The van der Waals surface area contributed by atoms with Crippen LogP contribution in [0.1, 0.15) is 26.3 Å². The molecule has 3 rings (SSSR count). The molecule has 0 unspecified atom stereocenters. The number of rotatable bonds is 5. The van der Waals surface area contributed by atoms with Gasteiger partial charge in [-0.15, -0.1) is 0 Å². The van der Waals surface area contributed by atoms with Crippen LogP contribution >= 0.6 is 0 Å². The van der Waals surface area contributed by atoms with Crippen molar-refractivity contribution in [3.63, 3.8) is 0 Å². The maximum absolute atomic E-state index is 12.4. The van der Waals surface area contributed by atoms with Crippen molar-refractivity contribution < 1.29 is 9.72 Å². The maximum Gasteiger partial charge on any atom is 0.269 e. The number of carbonyl (C=O) groups is 1. The van der Waals surface area contributed by atoms with Crippen LogP contribution in [0.5, 0.6) is 0 Å². The molecule has 0 saturated carbocycles. The number of amides is 1. The largest absolute Gasteiger partial charge is 0.369 e. The molecule has 154 valence electrons. The molecule has 1 fully saturated rings. The second-order valence-corrected chi connectivity index (χ2v) is 8.41. The minimum atomic E-state index is -0.392. The monoisotopic (exact) mass is 396 g/mol. The number of non-ortho nitro benzene ring substituents is 1. The lowest BCUT2D eigenvalue weighted by Gasteiger charge is -2.35. The van der Waals surface area contributed by atoms with Gasteiger partial charge in [0.05, 0.1) is 11.5 Å². The van der Waals surface area contributed by atoms with Crippen molar-refractivity contribution in [2.24, 2.45) is 0 Å². The van der Waals surface area contributed by atoms with E-state index in [9.17, 15) is 14.9 Å². The van der Waals surface area contributed by atoms with Crippen LogP contribution in [0.3, 0.4) is 0 Å². The van der Waals surface area contributed by atoms with Gasteiger partial charge in [-0.25, -0.2) is 0 Å². The molecule has 0 atom stereocenters. The molecule has 1 heterocycles. The molecule has 0 aliphatic carbocycles. The van der Waals surface area contributed by atoms with Crippen molar-refractivity contribution in [1.82, 2.24) is 4.90 Å². The van der Waals surface area contributed by atoms with E-state index in [1.807, 2.05) is 12.1 Å². The highest BCUT2D eigenvalue weighted by Gasteiger charge is 2.20. The van der Waals surface area contributed by atoms with Gasteiger partial charge in [0.15, 0.2) is 0 Å². The average molecular weight is 396 g/mol. The molecule has 2 aromatic carbocycles. The normalized spacial score (nSPS) is 15.2. The number of piperazine rings is 1. The highest BCUT2D eigenvalue weighted by molar-refractivity contribution is 5.92. The van der Waals surface area contributed by atoms with Crippen molar-refractivity contribution in [1.29, 1.82) is 0 Å². The molecule has 7 nitrogen and oxygen atoms in total. The molecule has 0 spiro atoms. The first kappa shape index (κ1) is 20.8. The van der Waals surface area contributed by atoms with Crippen LogP contribution in [0.25, 0.3) is 0 Å². The number of benzene rings is 2. The molecular weight excluding hydrogens is 368 g/mol. The van der Waals surface area contributed by atoms with Gasteiger partial charge in [-0.1, -0.05) is 32.9 Å². The first-order chi connectivity index (χ1) is 13.7. The van der Waals surface area contributed by atoms with Crippen LogP contribution in [-0.2, 0) is 10.2 Å². The minimum Gasteiger partial charge on any atom is -0.369 e. The number of anilines is 2. The zero-order chi connectivity index (χ0) is 21.0. The number of hydrogen-bond donors (Lipinski definition) is 1. The Morgan fingerprint density at radius 1 is 1.00 bits per heavy atom. The Kier molecular flexibility index (Phi) is 6.17. The third kappa shape index (κ3) is 5.54. The van der Waals surface area contributed by atoms with Crippen LogP contribution in [0.4, 0.5) is 17.1 Å². The third-order valence-corrected chi connectivity index (χ3v) is 5.20. The molecule has 0 bridgehead atoms. The van der Waals surface area contributed by atoms with Gasteiger partial charge >= 0.3 is 0 Å². The summed E-state index contributed by atoms with van der Waals surface area (Å²) in [6.07, 6.45) is 0. The Morgan fingerprint density at radius 2 is 1.59 bits per heavy atom. The van der Waals surface area contributed by atoms with E-state index in [1.54, 1.807) is 12.1 Å². The van der Waals surface area contributed by atoms with Crippen molar-refractivity contribution in [3.05, 3.63) is 64.2 Å². The second-order valence-electron chi connectivity index (χ2n) is 8.41. The topological polar surface area (TPSA) is 78.7 Å². The van der Waals surface area contributed by atoms with Crippen LogP contribution in [0.2, 0.25) is 0 Å². The quantitative estimate of drug-likeness (QED) is 0.616. The number of hydrogen-bond acceptors (Lipinski definition) is 5. The first-order valence-electron chi connectivity index (χ1n) is 9.84. The van der Waals surface area contributed by atoms with E-state index in [4.69, 9.17) is 0 Å². The predicted octanol–water partition coefficient (Wildman–Crippen LogP) is 3.65. The van der Waals surface area contributed by atoms with Gasteiger partial charge in [0.1, 0.15) is 0 Å². The number of nitrogens with one attached hydrogen (secondary N) is 1. The Balaban J connectivity index is 1.47. The Bertz CT molecular complexity index is 849. The molecule has 0 aromatic heterocycles. The molecule has 1 N–H and O–H groups in total. The van der Waals surface area contributed by atoms with E-state index in [2.05, 4.69) is 48.0 Å². The van der Waals surface area contributed by atoms with Crippen molar-refractivity contribution in [2.75, 3.05) is 42.9 Å². The lowest BCUT2D eigenvalue weighted by Crippen LogP contribution is -2.48. The summed E-state index contributed by atoms with van der Waals surface area (Å²) in [5, 5.41) is 13.7. The molecule has 2 aromatic rings. The van der Waals surface area contributed by atoms with E-state index in [0.717, 1.165) is 37.6 Å². The molecule has 1 aliphatic heterocycles. The van der Waals surface area contributed by atoms with Crippen molar-refractivity contribution >= 4 is 23.0 Å². The fourth-order valence-corrected chi connectivity index (χ4v) is 3.41. The van der Waals surface area contributed by atoms with Gasteiger partial charge in [0, 0.05) is 49.7 Å². The summed E-state index contributed by atoms with van der Waals surface area (Å²) < 4.78 is 0. The van der Waals surface area contributed by atoms with Gasteiger partial charge in [-0.2, -0.15) is 0 Å². The molecule has 1 aliphatic rings. The number of nitrogens with zero attached hydrogens (tertiary/aromatic N) is 3. The lowest BCUT2D eigenvalue weighted by molar-refractivity contribution is -0.384. The average Bonchev–Trinajstić information content (AvgIpc) is 2.68. The Hall–Kier alpha value is -2.93. The summed E-state index contributed by atoms with van der Waals surface area (Å²) in [5.41, 5.74) is 3.20. The molecule has 1 amide bonds. The van der Waals surface area contributed by atoms with Crippen LogP contribution in [-0.4, -0.2) is 48.5 Å². The molecular formula is C22H28N4O3. The summed E-state index contributed by atoms with van der Waals surface area (Å²) in [6.45, 7) is 9.96. The smallest absolute Gasteiger partial charge is 0.269 e. The lowest BCUT2D eigenvalue weighted by atomic mass is 9.87. The molecule has 0 radical (unpaired) electrons.